The molecule has 2 heterocycles. The van der Waals surface area contributed by atoms with Gasteiger partial charge in [0.2, 0.25) is 0 Å². The molecule has 18 heavy (non-hydrogen) atoms. The summed E-state index contributed by atoms with van der Waals surface area (Å²) in [6, 6.07) is 7.62. The average Bonchev–Trinajstić information content (AvgIpc) is 2.41. The number of rotatable bonds is 1. The van der Waals surface area contributed by atoms with Crippen molar-refractivity contribution in [3.63, 3.8) is 0 Å². The topological polar surface area (TPSA) is 68.3 Å². The molecular formula is C14H16N2O2. The van der Waals surface area contributed by atoms with Crippen molar-refractivity contribution >= 4 is 16.7 Å². The SMILES string of the molecule is Nc1c(C2CCNCC2)c2ccccc2oc1=O. The van der Waals surface area contributed by atoms with Crippen molar-refractivity contribution in [3.05, 3.63) is 40.2 Å². The Morgan fingerprint density at radius 2 is 1.94 bits per heavy atom. The van der Waals surface area contributed by atoms with Crippen LogP contribution >= 0.6 is 0 Å². The van der Waals surface area contributed by atoms with E-state index in [1.54, 1.807) is 0 Å². The summed E-state index contributed by atoms with van der Waals surface area (Å²) in [5.74, 6) is 0.347. The molecule has 0 bridgehead atoms. The third-order valence-electron chi connectivity index (χ3n) is 3.64. The van der Waals surface area contributed by atoms with Crippen molar-refractivity contribution < 1.29 is 4.42 Å². The van der Waals surface area contributed by atoms with E-state index in [4.69, 9.17) is 10.2 Å². The van der Waals surface area contributed by atoms with Crippen LogP contribution in [-0.4, -0.2) is 13.1 Å². The molecule has 1 saturated heterocycles. The lowest BCUT2D eigenvalue weighted by molar-refractivity contribution is 0.460. The molecule has 0 unspecified atom stereocenters. The highest BCUT2D eigenvalue weighted by molar-refractivity contribution is 5.84. The Bertz CT molecular complexity index is 627. The van der Waals surface area contributed by atoms with Crippen molar-refractivity contribution in [2.45, 2.75) is 18.8 Å². The fraction of sp³-hybridized carbons (Fsp3) is 0.357. The van der Waals surface area contributed by atoms with Crippen LogP contribution in [0, 0.1) is 0 Å². The second kappa shape index (κ2) is 4.46. The average molecular weight is 244 g/mol. The van der Waals surface area contributed by atoms with Gasteiger partial charge in [-0.3, -0.25) is 0 Å². The Morgan fingerprint density at radius 1 is 1.22 bits per heavy atom. The molecule has 2 aromatic rings. The molecule has 0 radical (unpaired) electrons. The zero-order valence-corrected chi connectivity index (χ0v) is 10.1. The number of hydrogen-bond donors (Lipinski definition) is 2. The van der Waals surface area contributed by atoms with E-state index < -0.39 is 5.63 Å². The number of hydrogen-bond acceptors (Lipinski definition) is 4. The predicted octanol–water partition coefficient (Wildman–Crippen LogP) is 1.84. The van der Waals surface area contributed by atoms with Gasteiger partial charge in [0, 0.05) is 5.39 Å². The first-order valence-electron chi connectivity index (χ1n) is 6.29. The van der Waals surface area contributed by atoms with Crippen LogP contribution in [0.2, 0.25) is 0 Å². The zero-order valence-electron chi connectivity index (χ0n) is 10.1. The molecule has 1 aliphatic rings. The zero-order chi connectivity index (χ0) is 12.5. The molecule has 1 aliphatic heterocycles. The molecular weight excluding hydrogens is 228 g/mol. The maximum atomic E-state index is 11.8. The van der Waals surface area contributed by atoms with Crippen LogP contribution in [0.4, 0.5) is 5.69 Å². The third kappa shape index (κ3) is 1.78. The predicted molar refractivity (Wildman–Crippen MR) is 71.7 cm³/mol. The van der Waals surface area contributed by atoms with Crippen LogP contribution in [0.5, 0.6) is 0 Å². The Balaban J connectivity index is 2.24. The molecule has 1 aromatic carbocycles. The van der Waals surface area contributed by atoms with E-state index >= 15 is 0 Å². The van der Waals surface area contributed by atoms with E-state index in [-0.39, 0.29) is 5.69 Å². The molecule has 94 valence electrons. The number of piperidine rings is 1. The summed E-state index contributed by atoms with van der Waals surface area (Å²) < 4.78 is 5.23. The minimum absolute atomic E-state index is 0.278. The number of nitrogens with two attached hydrogens (primary N) is 1. The van der Waals surface area contributed by atoms with E-state index in [0.29, 0.717) is 11.5 Å². The first-order valence-corrected chi connectivity index (χ1v) is 6.29. The van der Waals surface area contributed by atoms with Gasteiger partial charge < -0.3 is 15.5 Å². The molecule has 0 amide bonds. The van der Waals surface area contributed by atoms with Crippen molar-refractivity contribution in [1.29, 1.82) is 0 Å². The van der Waals surface area contributed by atoms with Crippen LogP contribution in [0.15, 0.2) is 33.5 Å². The number of benzene rings is 1. The second-order valence-corrected chi connectivity index (χ2v) is 4.74. The highest BCUT2D eigenvalue weighted by Gasteiger charge is 2.22. The van der Waals surface area contributed by atoms with E-state index in [1.807, 2.05) is 24.3 Å². The smallest absolute Gasteiger partial charge is 0.359 e. The quantitative estimate of drug-likeness (QED) is 0.751. The first kappa shape index (κ1) is 11.3. The van der Waals surface area contributed by atoms with Crippen LogP contribution in [0.3, 0.4) is 0 Å². The molecule has 1 aromatic heterocycles. The molecule has 0 atom stereocenters. The van der Waals surface area contributed by atoms with Gasteiger partial charge in [-0.2, -0.15) is 0 Å². The monoisotopic (exact) mass is 244 g/mol. The fourth-order valence-corrected chi connectivity index (χ4v) is 2.74. The van der Waals surface area contributed by atoms with Crippen molar-refractivity contribution in [2.75, 3.05) is 18.8 Å². The highest BCUT2D eigenvalue weighted by Crippen LogP contribution is 2.33. The molecule has 0 spiro atoms. The van der Waals surface area contributed by atoms with Crippen LogP contribution in [-0.2, 0) is 0 Å². The Kier molecular flexibility index (Phi) is 2.80. The van der Waals surface area contributed by atoms with E-state index in [1.165, 1.54) is 0 Å². The van der Waals surface area contributed by atoms with Gasteiger partial charge >= 0.3 is 5.63 Å². The summed E-state index contributed by atoms with van der Waals surface area (Å²) in [5, 5.41) is 4.30. The third-order valence-corrected chi connectivity index (χ3v) is 3.64. The lowest BCUT2D eigenvalue weighted by atomic mass is 9.87. The number of para-hydroxylation sites is 1. The molecule has 0 aliphatic carbocycles. The Labute approximate surface area is 105 Å². The number of nitrogen functional groups attached to an aromatic ring is 1. The molecule has 0 saturated carbocycles. The van der Waals surface area contributed by atoms with E-state index in [0.717, 1.165) is 36.9 Å². The van der Waals surface area contributed by atoms with Gasteiger partial charge in [0.05, 0.1) is 0 Å². The summed E-state index contributed by atoms with van der Waals surface area (Å²) >= 11 is 0. The van der Waals surface area contributed by atoms with E-state index in [2.05, 4.69) is 5.32 Å². The summed E-state index contributed by atoms with van der Waals surface area (Å²) in [4.78, 5) is 11.8. The lowest BCUT2D eigenvalue weighted by Crippen LogP contribution is -2.28. The molecule has 3 rings (SSSR count). The summed E-state index contributed by atoms with van der Waals surface area (Å²) in [7, 11) is 0. The Hall–Kier alpha value is -1.81. The lowest BCUT2D eigenvalue weighted by Gasteiger charge is -2.24. The maximum Gasteiger partial charge on any atom is 0.359 e. The summed E-state index contributed by atoms with van der Waals surface area (Å²) in [6.07, 6.45) is 2.02. The fourth-order valence-electron chi connectivity index (χ4n) is 2.74. The van der Waals surface area contributed by atoms with Gasteiger partial charge in [0.15, 0.2) is 0 Å². The van der Waals surface area contributed by atoms with Gasteiger partial charge in [-0.15, -0.1) is 0 Å². The molecule has 3 N–H and O–H groups in total. The molecule has 1 fully saturated rings. The first-order chi connectivity index (χ1) is 8.77. The number of nitrogens with one attached hydrogen (secondary N) is 1. The van der Waals surface area contributed by atoms with Gasteiger partial charge in [-0.05, 0) is 43.5 Å². The highest BCUT2D eigenvalue weighted by atomic mass is 16.4. The maximum absolute atomic E-state index is 11.8. The minimum atomic E-state index is -0.415. The van der Waals surface area contributed by atoms with Gasteiger partial charge in [-0.1, -0.05) is 18.2 Å². The van der Waals surface area contributed by atoms with Crippen molar-refractivity contribution in [2.24, 2.45) is 0 Å². The summed E-state index contributed by atoms with van der Waals surface area (Å²) in [6.45, 7) is 1.94. The van der Waals surface area contributed by atoms with Gasteiger partial charge in [-0.25, -0.2) is 4.79 Å². The van der Waals surface area contributed by atoms with Crippen LogP contribution in [0.1, 0.15) is 24.3 Å². The number of fused-ring (bicyclic) bond motifs is 1. The standard InChI is InChI=1S/C14H16N2O2/c15-13-12(9-5-7-16-8-6-9)10-3-1-2-4-11(10)18-14(13)17/h1-4,9,16H,5-8,15H2. The number of anilines is 1. The minimum Gasteiger partial charge on any atom is -0.421 e. The van der Waals surface area contributed by atoms with Gasteiger partial charge in [0.25, 0.3) is 0 Å². The molecule has 4 nitrogen and oxygen atoms in total. The van der Waals surface area contributed by atoms with Crippen molar-refractivity contribution in [3.8, 4) is 0 Å². The normalized spacial score (nSPS) is 17.1. The second-order valence-electron chi connectivity index (χ2n) is 4.74. The van der Waals surface area contributed by atoms with Crippen LogP contribution in [0.25, 0.3) is 11.0 Å². The Morgan fingerprint density at radius 3 is 2.72 bits per heavy atom. The largest absolute Gasteiger partial charge is 0.421 e. The molecule has 4 heteroatoms. The summed E-state index contributed by atoms with van der Waals surface area (Å²) in [5.41, 5.74) is 7.42. The van der Waals surface area contributed by atoms with E-state index in [9.17, 15) is 4.79 Å². The van der Waals surface area contributed by atoms with Gasteiger partial charge in [0.1, 0.15) is 11.3 Å². The van der Waals surface area contributed by atoms with Crippen molar-refractivity contribution in [1.82, 2.24) is 5.32 Å². The van der Waals surface area contributed by atoms with Crippen LogP contribution < -0.4 is 16.7 Å².